The number of primary amides is 1. The van der Waals surface area contributed by atoms with Crippen LogP contribution in [0.1, 0.15) is 19.3 Å². The number of fused-ring (bicyclic) bond motifs is 1. The van der Waals surface area contributed by atoms with E-state index in [2.05, 4.69) is 26.3 Å². The first-order valence-electron chi connectivity index (χ1n) is 11.4. The Morgan fingerprint density at radius 3 is 2.71 bits per heavy atom. The van der Waals surface area contributed by atoms with E-state index in [-0.39, 0.29) is 24.8 Å². The number of rotatable bonds is 9. The number of carbonyl (C=O) groups excluding carboxylic acids is 3. The molecule has 0 aliphatic carbocycles. The van der Waals surface area contributed by atoms with Gasteiger partial charge in [-0.15, -0.1) is 0 Å². The number of nitrogens with two attached hydrogens (primary N) is 3. The maximum Gasteiger partial charge on any atom is 0.404 e. The Balaban J connectivity index is 1.77. The summed E-state index contributed by atoms with van der Waals surface area (Å²) in [5, 5.41) is 41.7. The number of piperidine rings is 1. The summed E-state index contributed by atoms with van der Waals surface area (Å²) < 4.78 is 10.7. The van der Waals surface area contributed by atoms with E-state index in [9.17, 15) is 29.7 Å². The van der Waals surface area contributed by atoms with E-state index < -0.39 is 73.4 Å². The summed E-state index contributed by atoms with van der Waals surface area (Å²) in [5.74, 6) is -0.828. The summed E-state index contributed by atoms with van der Waals surface area (Å²) in [6.07, 6.45) is -6.36. The number of hydrogen-bond donors (Lipinski definition) is 10. The van der Waals surface area contributed by atoms with Crippen LogP contribution in [0.2, 0.25) is 0 Å². The van der Waals surface area contributed by atoms with E-state index in [0.29, 0.717) is 19.4 Å². The van der Waals surface area contributed by atoms with Crippen molar-refractivity contribution >= 4 is 23.9 Å². The highest BCUT2D eigenvalue weighted by Gasteiger charge is 2.49. The Hall–Kier alpha value is -2.76. The molecule has 0 saturated carbocycles. The van der Waals surface area contributed by atoms with Gasteiger partial charge in [0.15, 0.2) is 24.3 Å². The van der Waals surface area contributed by atoms with Crippen molar-refractivity contribution in [3.05, 3.63) is 0 Å². The summed E-state index contributed by atoms with van der Waals surface area (Å²) in [6, 6.07) is -3.27. The molecule has 3 rings (SSSR count). The quantitative estimate of drug-likeness (QED) is 0.141. The second kappa shape index (κ2) is 11.8. The Kier molecular flexibility index (Phi) is 9.03. The van der Waals surface area contributed by atoms with E-state index in [1.54, 1.807) is 0 Å². The van der Waals surface area contributed by atoms with Gasteiger partial charge in [0, 0.05) is 19.0 Å². The molecule has 0 bridgehead atoms. The van der Waals surface area contributed by atoms with E-state index in [1.807, 2.05) is 0 Å². The van der Waals surface area contributed by atoms with Gasteiger partial charge in [-0.1, -0.05) is 0 Å². The van der Waals surface area contributed by atoms with Gasteiger partial charge in [0.05, 0.1) is 18.8 Å². The molecular formula is C19H34N8O8. The molecule has 0 spiro atoms. The number of aliphatic hydroxyl groups is 3. The predicted octanol–water partition coefficient (Wildman–Crippen LogP) is -5.75. The number of guanidine groups is 1. The Morgan fingerprint density at radius 2 is 2.09 bits per heavy atom. The van der Waals surface area contributed by atoms with Crippen LogP contribution in [-0.4, -0.2) is 114 Å². The van der Waals surface area contributed by atoms with Crippen molar-refractivity contribution in [2.24, 2.45) is 22.2 Å². The number of hydrogen-bond acceptors (Lipinski definition) is 13. The molecule has 0 radical (unpaired) electrons. The monoisotopic (exact) mass is 502 g/mol. The highest BCUT2D eigenvalue weighted by molar-refractivity contribution is 5.92. The van der Waals surface area contributed by atoms with Crippen molar-refractivity contribution in [2.75, 3.05) is 19.7 Å². The first kappa shape index (κ1) is 26.8. The molecule has 198 valence electrons. The molecule has 16 nitrogen and oxygen atoms in total. The molecule has 0 aromatic heterocycles. The average molecular weight is 503 g/mol. The molecule has 0 unspecified atom stereocenters. The first-order valence-corrected chi connectivity index (χ1v) is 11.4. The minimum absolute atomic E-state index is 0.0518. The second-order valence-electron chi connectivity index (χ2n) is 8.71. The molecule has 13 N–H and O–H groups in total. The van der Waals surface area contributed by atoms with Crippen molar-refractivity contribution in [1.82, 2.24) is 21.3 Å². The SMILES string of the molecule is NCCC[C@@H](N)CC(=O)N[C@@H]1[C@H](O)[C@@H](OC(N)=O)[C@@H](CO)O[C@H]1NC1=N[C@@H]2C(=O)NC[C@@H](O)[C@H]2N1. The van der Waals surface area contributed by atoms with Gasteiger partial charge in [-0.25, -0.2) is 9.79 Å². The molecule has 35 heavy (non-hydrogen) atoms. The molecule has 3 heterocycles. The van der Waals surface area contributed by atoms with Crippen LogP contribution in [0.25, 0.3) is 0 Å². The van der Waals surface area contributed by atoms with Crippen LogP contribution < -0.4 is 38.5 Å². The van der Waals surface area contributed by atoms with Gasteiger partial charge in [0.2, 0.25) is 11.8 Å². The fourth-order valence-electron chi connectivity index (χ4n) is 4.30. The fraction of sp³-hybridized carbons (Fsp3) is 0.789. The number of nitrogens with zero attached hydrogens (tertiary/aromatic N) is 1. The normalized spacial score (nSPS) is 35.1. The van der Waals surface area contributed by atoms with Gasteiger partial charge in [-0.05, 0) is 19.4 Å². The number of β-amino-alcohol motifs (C(OH)–C–C–N with tert-alkyl or cyclic N) is 1. The maximum atomic E-state index is 12.7. The van der Waals surface area contributed by atoms with Crippen molar-refractivity contribution in [3.63, 3.8) is 0 Å². The Bertz CT molecular complexity index is 816. The third kappa shape index (κ3) is 6.47. The number of aliphatic hydroxyl groups excluding tert-OH is 3. The van der Waals surface area contributed by atoms with Gasteiger partial charge in [-0.3, -0.25) is 9.59 Å². The summed E-state index contributed by atoms with van der Waals surface area (Å²) in [4.78, 5) is 40.3. The van der Waals surface area contributed by atoms with Crippen LogP contribution in [0.15, 0.2) is 4.99 Å². The number of aliphatic imine (C=N–C) groups is 1. The van der Waals surface area contributed by atoms with Gasteiger partial charge in [0.1, 0.15) is 18.2 Å². The third-order valence-corrected chi connectivity index (χ3v) is 6.06. The fourth-order valence-corrected chi connectivity index (χ4v) is 4.30. The zero-order valence-electron chi connectivity index (χ0n) is 19.0. The van der Waals surface area contributed by atoms with E-state index in [1.165, 1.54) is 0 Å². The first-order chi connectivity index (χ1) is 16.6. The summed E-state index contributed by atoms with van der Waals surface area (Å²) >= 11 is 0. The van der Waals surface area contributed by atoms with Crippen LogP contribution in [0, 0.1) is 0 Å². The molecule has 2 saturated heterocycles. The number of carbonyl (C=O) groups is 3. The molecule has 2 fully saturated rings. The summed E-state index contributed by atoms with van der Waals surface area (Å²) in [5.41, 5.74) is 16.5. The molecule has 0 aromatic rings. The molecule has 3 amide bonds. The smallest absolute Gasteiger partial charge is 0.404 e. The van der Waals surface area contributed by atoms with Crippen molar-refractivity contribution in [3.8, 4) is 0 Å². The topological polar surface area (TPSA) is 269 Å². The van der Waals surface area contributed by atoms with E-state index >= 15 is 0 Å². The van der Waals surface area contributed by atoms with Crippen LogP contribution in [0.4, 0.5) is 4.79 Å². The van der Waals surface area contributed by atoms with Gasteiger partial charge in [0.25, 0.3) is 0 Å². The molecule has 0 aromatic carbocycles. The highest BCUT2D eigenvalue weighted by Crippen LogP contribution is 2.24. The van der Waals surface area contributed by atoms with Gasteiger partial charge in [-0.2, -0.15) is 0 Å². The number of ether oxygens (including phenoxy) is 2. The third-order valence-electron chi connectivity index (χ3n) is 6.06. The molecule has 3 aliphatic heterocycles. The molecular weight excluding hydrogens is 468 g/mol. The number of nitrogens with one attached hydrogen (secondary N) is 4. The zero-order valence-corrected chi connectivity index (χ0v) is 19.0. The molecule has 16 heteroatoms. The van der Waals surface area contributed by atoms with E-state index in [0.717, 1.165) is 0 Å². The van der Waals surface area contributed by atoms with Crippen LogP contribution >= 0.6 is 0 Å². The summed E-state index contributed by atoms with van der Waals surface area (Å²) in [7, 11) is 0. The lowest BCUT2D eigenvalue weighted by atomic mass is 9.95. The van der Waals surface area contributed by atoms with Crippen LogP contribution in [0.5, 0.6) is 0 Å². The van der Waals surface area contributed by atoms with Crippen LogP contribution in [-0.2, 0) is 19.1 Å². The van der Waals surface area contributed by atoms with Gasteiger partial charge >= 0.3 is 6.09 Å². The zero-order chi connectivity index (χ0) is 25.7. The maximum absolute atomic E-state index is 12.7. The van der Waals surface area contributed by atoms with Crippen LogP contribution in [0.3, 0.4) is 0 Å². The minimum Gasteiger partial charge on any atom is -0.441 e. The highest BCUT2D eigenvalue weighted by atomic mass is 16.6. The van der Waals surface area contributed by atoms with Crippen molar-refractivity contribution in [1.29, 1.82) is 0 Å². The Morgan fingerprint density at radius 1 is 1.34 bits per heavy atom. The lowest BCUT2D eigenvalue weighted by molar-refractivity contribution is -0.198. The van der Waals surface area contributed by atoms with Gasteiger partial charge < -0.3 is 63.3 Å². The minimum atomic E-state index is -1.55. The second-order valence-corrected chi connectivity index (χ2v) is 8.71. The largest absolute Gasteiger partial charge is 0.441 e. The Labute approximate surface area is 200 Å². The summed E-state index contributed by atoms with van der Waals surface area (Å²) in [6.45, 7) is -0.171. The number of amides is 3. The van der Waals surface area contributed by atoms with Crippen molar-refractivity contribution < 1.29 is 39.2 Å². The van der Waals surface area contributed by atoms with Crippen molar-refractivity contribution in [2.45, 2.75) is 74.1 Å². The molecule has 9 atom stereocenters. The van der Waals surface area contributed by atoms with E-state index in [4.69, 9.17) is 26.7 Å². The molecule has 3 aliphatic rings. The average Bonchev–Trinajstić information content (AvgIpc) is 3.24. The standard InChI is InChI=1S/C19H34N8O8/c20-3-1-2-7(21)4-10(30)24-13-14(31)15(35-18(22)33)9(6-28)34-17(13)27-19-25-11-8(29)5-23-16(32)12(11)26-19/h7-9,11-15,17,28-29,31H,1-6,20-21H2,(H2,22,33)(H,23,32)(H,24,30)(H2,25,26,27)/t7-,8-,9-,11-,12+,13-,14+,15+,17-/m1/s1. The lowest BCUT2D eigenvalue weighted by Crippen LogP contribution is -2.70. The lowest BCUT2D eigenvalue weighted by Gasteiger charge is -2.44. The predicted molar refractivity (Wildman–Crippen MR) is 119 cm³/mol.